The molecule has 0 saturated heterocycles. The van der Waals surface area contributed by atoms with Gasteiger partial charge in [0.15, 0.2) is 0 Å². The highest BCUT2D eigenvalue weighted by Gasteiger charge is 2.12. The van der Waals surface area contributed by atoms with Crippen molar-refractivity contribution in [1.82, 2.24) is 4.98 Å². The number of ether oxygens (including phenoxy) is 1. The molecule has 102 valence electrons. The van der Waals surface area contributed by atoms with Gasteiger partial charge in [0.2, 0.25) is 5.88 Å². The Morgan fingerprint density at radius 3 is 2.63 bits per heavy atom. The molecule has 0 radical (unpaired) electrons. The summed E-state index contributed by atoms with van der Waals surface area (Å²) in [4.78, 5) is 4.48. The van der Waals surface area contributed by atoms with Gasteiger partial charge >= 0.3 is 0 Å². The second kappa shape index (κ2) is 5.79. The molecule has 0 saturated carbocycles. The van der Waals surface area contributed by atoms with Crippen LogP contribution in [-0.2, 0) is 5.88 Å². The molecule has 0 bridgehead atoms. The molecule has 3 heteroatoms. The van der Waals surface area contributed by atoms with E-state index in [1.54, 1.807) is 0 Å². The van der Waals surface area contributed by atoms with Gasteiger partial charge in [-0.05, 0) is 29.4 Å². The van der Waals surface area contributed by atoms with Crippen molar-refractivity contribution in [3.63, 3.8) is 0 Å². The molecule has 2 rings (SSSR count). The molecule has 1 heterocycles. The first kappa shape index (κ1) is 14.1. The number of rotatable bonds is 4. The van der Waals surface area contributed by atoms with Gasteiger partial charge in [0.1, 0.15) is 0 Å². The molecule has 0 atom stereocenters. The van der Waals surface area contributed by atoms with Crippen molar-refractivity contribution >= 4 is 22.4 Å². The summed E-state index contributed by atoms with van der Waals surface area (Å²) in [6.45, 7) is 7.29. The zero-order chi connectivity index (χ0) is 13.9. The van der Waals surface area contributed by atoms with Crippen molar-refractivity contribution in [3.8, 4) is 5.88 Å². The number of benzene rings is 1. The van der Waals surface area contributed by atoms with E-state index in [1.165, 1.54) is 0 Å². The van der Waals surface area contributed by atoms with E-state index in [9.17, 15) is 0 Å². The molecule has 0 amide bonds. The van der Waals surface area contributed by atoms with Gasteiger partial charge in [-0.25, -0.2) is 4.98 Å². The first-order valence-corrected chi connectivity index (χ1v) is 7.10. The molecule has 0 N–H and O–H groups in total. The zero-order valence-corrected chi connectivity index (χ0v) is 12.5. The fourth-order valence-corrected chi connectivity index (χ4v) is 1.99. The smallest absolute Gasteiger partial charge is 0.221 e. The van der Waals surface area contributed by atoms with Crippen LogP contribution in [0.25, 0.3) is 10.8 Å². The number of halogens is 1. The Morgan fingerprint density at radius 1 is 1.21 bits per heavy atom. The van der Waals surface area contributed by atoms with E-state index in [0.717, 1.165) is 22.9 Å². The van der Waals surface area contributed by atoms with Crippen LogP contribution in [0.1, 0.15) is 32.9 Å². The number of aromatic nitrogens is 1. The first-order valence-electron chi connectivity index (χ1n) is 6.57. The van der Waals surface area contributed by atoms with Crippen LogP contribution in [0, 0.1) is 5.41 Å². The minimum absolute atomic E-state index is 0.264. The summed E-state index contributed by atoms with van der Waals surface area (Å²) in [6.07, 6.45) is 0.994. The third kappa shape index (κ3) is 3.84. The van der Waals surface area contributed by atoms with Gasteiger partial charge < -0.3 is 4.74 Å². The Morgan fingerprint density at radius 2 is 1.95 bits per heavy atom. The third-order valence-corrected chi connectivity index (χ3v) is 3.26. The van der Waals surface area contributed by atoms with Crippen molar-refractivity contribution in [3.05, 3.63) is 36.0 Å². The highest BCUT2D eigenvalue weighted by Crippen LogP contribution is 2.26. The van der Waals surface area contributed by atoms with Gasteiger partial charge in [-0.2, -0.15) is 0 Å². The summed E-state index contributed by atoms with van der Waals surface area (Å²) in [5.74, 6) is 1.10. The normalized spacial score (nSPS) is 11.8. The Labute approximate surface area is 119 Å². The summed E-state index contributed by atoms with van der Waals surface area (Å²) >= 11 is 5.89. The molecular formula is C16H20ClNO. The molecular weight excluding hydrogens is 258 g/mol. The summed E-state index contributed by atoms with van der Waals surface area (Å²) < 4.78 is 5.87. The number of nitrogens with zero attached hydrogens (tertiary/aromatic N) is 1. The molecule has 0 aliphatic rings. The van der Waals surface area contributed by atoms with Crippen LogP contribution in [-0.4, -0.2) is 11.6 Å². The molecule has 1 aromatic carbocycles. The van der Waals surface area contributed by atoms with E-state index in [4.69, 9.17) is 16.3 Å². The lowest BCUT2D eigenvalue weighted by atomic mass is 9.93. The first-order chi connectivity index (χ1) is 8.99. The maximum absolute atomic E-state index is 5.89. The van der Waals surface area contributed by atoms with Gasteiger partial charge in [-0.15, -0.1) is 11.6 Å². The molecule has 1 aromatic heterocycles. The van der Waals surface area contributed by atoms with Crippen LogP contribution in [0.3, 0.4) is 0 Å². The second-order valence-electron chi connectivity index (χ2n) is 5.93. The number of fused-ring (bicyclic) bond motifs is 1. The predicted octanol–water partition coefficient (Wildman–Crippen LogP) is 4.79. The van der Waals surface area contributed by atoms with E-state index in [0.29, 0.717) is 18.4 Å². The average molecular weight is 278 g/mol. The van der Waals surface area contributed by atoms with E-state index in [2.05, 4.69) is 31.8 Å². The fourth-order valence-electron chi connectivity index (χ4n) is 1.85. The van der Waals surface area contributed by atoms with E-state index >= 15 is 0 Å². The van der Waals surface area contributed by atoms with Gasteiger partial charge in [0.25, 0.3) is 0 Å². The van der Waals surface area contributed by atoms with Gasteiger partial charge in [-0.1, -0.05) is 39.0 Å². The molecule has 0 unspecified atom stereocenters. The van der Waals surface area contributed by atoms with Crippen molar-refractivity contribution < 1.29 is 4.74 Å². The lowest BCUT2D eigenvalue weighted by Gasteiger charge is -2.18. The van der Waals surface area contributed by atoms with Crippen molar-refractivity contribution in [1.29, 1.82) is 0 Å². The standard InChI is InChI=1S/C16H20ClNO/c1-16(2,3)8-9-19-15-14-7-5-4-6-12(14)10-13(11-17)18-15/h4-7,10H,8-9,11H2,1-3H3. The summed E-state index contributed by atoms with van der Waals surface area (Å²) in [6, 6.07) is 10.1. The lowest BCUT2D eigenvalue weighted by Crippen LogP contribution is -2.12. The Balaban J connectivity index is 2.25. The molecule has 2 nitrogen and oxygen atoms in total. The Hall–Kier alpha value is -1.28. The van der Waals surface area contributed by atoms with Crippen molar-refractivity contribution in [2.75, 3.05) is 6.61 Å². The predicted molar refractivity (Wildman–Crippen MR) is 80.9 cm³/mol. The van der Waals surface area contributed by atoms with Crippen LogP contribution in [0.15, 0.2) is 30.3 Å². The van der Waals surface area contributed by atoms with Crippen LogP contribution in [0.5, 0.6) is 5.88 Å². The van der Waals surface area contributed by atoms with Crippen LogP contribution in [0.4, 0.5) is 0 Å². The monoisotopic (exact) mass is 277 g/mol. The molecule has 0 spiro atoms. The number of pyridine rings is 1. The van der Waals surface area contributed by atoms with Gasteiger partial charge in [0, 0.05) is 5.39 Å². The summed E-state index contributed by atoms with van der Waals surface area (Å²) in [7, 11) is 0. The Bertz CT molecular complexity index is 560. The SMILES string of the molecule is CC(C)(C)CCOc1nc(CCl)cc2ccccc12. The number of hydrogen-bond donors (Lipinski definition) is 0. The van der Waals surface area contributed by atoms with Crippen LogP contribution >= 0.6 is 11.6 Å². The highest BCUT2D eigenvalue weighted by molar-refractivity contribution is 6.17. The third-order valence-electron chi connectivity index (χ3n) is 2.99. The van der Waals surface area contributed by atoms with Gasteiger partial charge in [-0.3, -0.25) is 0 Å². The topological polar surface area (TPSA) is 22.1 Å². The van der Waals surface area contributed by atoms with Gasteiger partial charge in [0.05, 0.1) is 18.2 Å². The quantitative estimate of drug-likeness (QED) is 0.750. The number of hydrogen-bond acceptors (Lipinski definition) is 2. The lowest BCUT2D eigenvalue weighted by molar-refractivity contribution is 0.238. The number of alkyl halides is 1. The highest BCUT2D eigenvalue weighted by atomic mass is 35.5. The molecule has 2 aromatic rings. The van der Waals surface area contributed by atoms with E-state index < -0.39 is 0 Å². The van der Waals surface area contributed by atoms with Crippen LogP contribution < -0.4 is 4.74 Å². The molecule has 0 fully saturated rings. The summed E-state index contributed by atoms with van der Waals surface area (Å²) in [5, 5.41) is 2.17. The molecule has 19 heavy (non-hydrogen) atoms. The average Bonchev–Trinajstić information content (AvgIpc) is 2.37. The Kier molecular flexibility index (Phi) is 4.31. The minimum Gasteiger partial charge on any atom is -0.477 e. The van der Waals surface area contributed by atoms with E-state index in [-0.39, 0.29) is 5.41 Å². The maximum atomic E-state index is 5.89. The second-order valence-corrected chi connectivity index (χ2v) is 6.20. The molecule has 0 aliphatic carbocycles. The van der Waals surface area contributed by atoms with Crippen molar-refractivity contribution in [2.45, 2.75) is 33.1 Å². The summed E-state index contributed by atoms with van der Waals surface area (Å²) in [5.41, 5.74) is 1.12. The van der Waals surface area contributed by atoms with E-state index in [1.807, 2.05) is 24.3 Å². The largest absolute Gasteiger partial charge is 0.477 e. The maximum Gasteiger partial charge on any atom is 0.221 e. The fraction of sp³-hybridized carbons (Fsp3) is 0.438. The molecule has 0 aliphatic heterocycles. The minimum atomic E-state index is 0.264. The van der Waals surface area contributed by atoms with Crippen molar-refractivity contribution in [2.24, 2.45) is 5.41 Å². The van der Waals surface area contributed by atoms with Crippen LogP contribution in [0.2, 0.25) is 0 Å². The zero-order valence-electron chi connectivity index (χ0n) is 11.7.